The largest absolute Gasteiger partial charge is 0.455 e. The highest BCUT2D eigenvalue weighted by molar-refractivity contribution is 6.74. The molecule has 0 spiro atoms. The highest BCUT2D eigenvalue weighted by atomic mass is 28.4. The van der Waals surface area contributed by atoms with E-state index >= 15 is 0 Å². The van der Waals surface area contributed by atoms with Crippen LogP contribution in [0.15, 0.2) is 65.8 Å². The predicted octanol–water partition coefficient (Wildman–Crippen LogP) is 5.81. The second-order valence-electron chi connectivity index (χ2n) is 10.2. The first-order valence-electron chi connectivity index (χ1n) is 11.6. The van der Waals surface area contributed by atoms with Crippen molar-refractivity contribution in [3.05, 3.63) is 71.8 Å². The van der Waals surface area contributed by atoms with Gasteiger partial charge in [0.15, 0.2) is 6.29 Å². The fourth-order valence-corrected chi connectivity index (χ4v) is 4.10. The van der Waals surface area contributed by atoms with Crippen molar-refractivity contribution < 1.29 is 23.5 Å². The minimum Gasteiger partial charge on any atom is -0.455 e. The number of rotatable bonds is 6. The van der Waals surface area contributed by atoms with E-state index in [0.29, 0.717) is 19.6 Å². The molecule has 178 valence electrons. The van der Waals surface area contributed by atoms with E-state index in [4.69, 9.17) is 23.5 Å². The zero-order chi connectivity index (χ0) is 23.5. The molecule has 2 aromatic carbocycles. The standard InChI is InChI=1S/C26H35NO5Si/c1-26(2,3)33(4,5)32-27-21-16-22-23(18-29-24(30-22)20-14-10-7-11-15-20)31-25(21)28-17-19-12-8-6-9-13-19/h6-15,22-25H,16-18H2,1-5H3/b27-21+. The topological polar surface area (TPSA) is 58.5 Å². The number of ether oxygens (including phenoxy) is 4. The Hall–Kier alpha value is -2.03. The van der Waals surface area contributed by atoms with E-state index in [1.165, 1.54) is 0 Å². The fraction of sp³-hybridized carbons (Fsp3) is 0.500. The Morgan fingerprint density at radius 3 is 2.27 bits per heavy atom. The summed E-state index contributed by atoms with van der Waals surface area (Å²) in [5.41, 5.74) is 2.80. The van der Waals surface area contributed by atoms with Crippen molar-refractivity contribution in [3.63, 3.8) is 0 Å². The third-order valence-corrected chi connectivity index (χ3v) is 10.8. The number of fused-ring (bicyclic) bond motifs is 1. The van der Waals surface area contributed by atoms with Crippen molar-refractivity contribution in [2.45, 2.75) is 76.7 Å². The van der Waals surface area contributed by atoms with Crippen LogP contribution in [0.5, 0.6) is 0 Å². The first kappa shape index (κ1) is 24.1. The van der Waals surface area contributed by atoms with Gasteiger partial charge in [-0.15, -0.1) is 5.16 Å². The Kier molecular flexibility index (Phi) is 7.36. The van der Waals surface area contributed by atoms with Gasteiger partial charge in [0.2, 0.25) is 6.29 Å². The fourth-order valence-electron chi connectivity index (χ4n) is 3.48. The minimum absolute atomic E-state index is 0.0447. The SMILES string of the molecule is CC(C)(C)[Si](C)(C)O/N=C1\CC2OC(c3ccccc3)OCC2OC1OCc1ccccc1. The normalized spacial score (nSPS) is 27.2. The van der Waals surface area contributed by atoms with Crippen molar-refractivity contribution in [1.29, 1.82) is 0 Å². The molecule has 0 aliphatic carbocycles. The molecular weight excluding hydrogens is 434 g/mol. The summed E-state index contributed by atoms with van der Waals surface area (Å²) in [6.07, 6.45) is -0.845. The second-order valence-corrected chi connectivity index (χ2v) is 14.9. The van der Waals surface area contributed by atoms with Crippen LogP contribution in [0.1, 0.15) is 44.6 Å². The van der Waals surface area contributed by atoms with E-state index in [-0.39, 0.29) is 17.2 Å². The number of hydrogen-bond donors (Lipinski definition) is 0. The van der Waals surface area contributed by atoms with E-state index < -0.39 is 20.9 Å². The molecule has 0 bridgehead atoms. The van der Waals surface area contributed by atoms with Crippen molar-refractivity contribution in [1.82, 2.24) is 0 Å². The monoisotopic (exact) mass is 469 g/mol. The van der Waals surface area contributed by atoms with Crippen LogP contribution < -0.4 is 0 Å². The summed E-state index contributed by atoms with van der Waals surface area (Å²) >= 11 is 0. The third kappa shape index (κ3) is 5.91. The van der Waals surface area contributed by atoms with Crippen molar-refractivity contribution in [2.24, 2.45) is 5.16 Å². The van der Waals surface area contributed by atoms with Crippen molar-refractivity contribution >= 4 is 14.0 Å². The molecule has 2 aliphatic rings. The van der Waals surface area contributed by atoms with E-state index in [9.17, 15) is 0 Å². The van der Waals surface area contributed by atoms with E-state index in [1.807, 2.05) is 60.7 Å². The minimum atomic E-state index is -2.08. The lowest BCUT2D eigenvalue weighted by Gasteiger charge is -2.42. The summed E-state index contributed by atoms with van der Waals surface area (Å²) in [5, 5.41) is 4.66. The summed E-state index contributed by atoms with van der Waals surface area (Å²) in [6, 6.07) is 20.0. The maximum atomic E-state index is 6.29. The molecule has 0 radical (unpaired) electrons. The van der Waals surface area contributed by atoms with E-state index in [2.05, 4.69) is 39.0 Å². The smallest absolute Gasteiger partial charge is 0.286 e. The van der Waals surface area contributed by atoms with Gasteiger partial charge in [-0.1, -0.05) is 81.4 Å². The molecule has 2 saturated heterocycles. The molecule has 4 rings (SSSR count). The Bertz CT molecular complexity index is 929. The van der Waals surface area contributed by atoms with E-state index in [1.54, 1.807) is 0 Å². The van der Waals surface area contributed by atoms with Crippen LogP contribution in [0.4, 0.5) is 0 Å². The van der Waals surface area contributed by atoms with Crippen LogP contribution in [0.25, 0.3) is 0 Å². The Labute approximate surface area is 198 Å². The van der Waals surface area contributed by atoms with Gasteiger partial charge in [0.05, 0.1) is 19.3 Å². The molecule has 0 aromatic heterocycles. The van der Waals surface area contributed by atoms with E-state index in [0.717, 1.165) is 16.8 Å². The Morgan fingerprint density at radius 2 is 1.61 bits per heavy atom. The average molecular weight is 470 g/mol. The van der Waals surface area contributed by atoms with Gasteiger partial charge < -0.3 is 23.5 Å². The lowest BCUT2D eigenvalue weighted by molar-refractivity contribution is -0.294. The number of benzene rings is 2. The number of nitrogens with zero attached hydrogens (tertiary/aromatic N) is 1. The highest BCUT2D eigenvalue weighted by Crippen LogP contribution is 2.38. The zero-order valence-electron chi connectivity index (χ0n) is 20.2. The van der Waals surface area contributed by atoms with Gasteiger partial charge >= 0.3 is 0 Å². The lowest BCUT2D eigenvalue weighted by atomic mass is 10.0. The maximum absolute atomic E-state index is 6.29. The molecule has 7 heteroatoms. The molecular formula is C26H35NO5Si. The second kappa shape index (κ2) is 10.1. The molecule has 2 fully saturated rings. The molecule has 33 heavy (non-hydrogen) atoms. The Balaban J connectivity index is 1.50. The van der Waals surface area contributed by atoms with Crippen LogP contribution in [0, 0.1) is 0 Å². The maximum Gasteiger partial charge on any atom is 0.286 e. The Morgan fingerprint density at radius 1 is 0.939 bits per heavy atom. The van der Waals surface area contributed by atoms with Gasteiger partial charge in [0.1, 0.15) is 11.8 Å². The van der Waals surface area contributed by atoms with Gasteiger partial charge in [-0.3, -0.25) is 0 Å². The van der Waals surface area contributed by atoms with Crippen molar-refractivity contribution in [3.8, 4) is 0 Å². The first-order chi connectivity index (χ1) is 15.7. The molecule has 0 amide bonds. The summed E-state index contributed by atoms with van der Waals surface area (Å²) in [6.45, 7) is 11.8. The van der Waals surface area contributed by atoms with Crippen LogP contribution in [-0.4, -0.2) is 39.1 Å². The molecule has 4 atom stereocenters. The molecule has 0 saturated carbocycles. The van der Waals surface area contributed by atoms with Gasteiger partial charge in [-0.2, -0.15) is 0 Å². The summed E-state index contributed by atoms with van der Waals surface area (Å²) < 4.78 is 30.9. The van der Waals surface area contributed by atoms with Gasteiger partial charge in [-0.05, 0) is 23.7 Å². The van der Waals surface area contributed by atoms with Gasteiger partial charge in [-0.25, -0.2) is 0 Å². The average Bonchev–Trinajstić information content (AvgIpc) is 2.81. The summed E-state index contributed by atoms with van der Waals surface area (Å²) in [7, 11) is -2.08. The van der Waals surface area contributed by atoms with Gasteiger partial charge in [0.25, 0.3) is 8.32 Å². The third-order valence-electron chi connectivity index (χ3n) is 6.62. The lowest BCUT2D eigenvalue weighted by Crippen LogP contribution is -2.52. The van der Waals surface area contributed by atoms with Crippen molar-refractivity contribution in [2.75, 3.05) is 6.61 Å². The highest BCUT2D eigenvalue weighted by Gasteiger charge is 2.44. The predicted molar refractivity (Wildman–Crippen MR) is 130 cm³/mol. The van der Waals surface area contributed by atoms with Gasteiger partial charge in [0, 0.05) is 12.0 Å². The number of hydrogen-bond acceptors (Lipinski definition) is 6. The first-order valence-corrected chi connectivity index (χ1v) is 14.5. The van der Waals surface area contributed by atoms with Crippen LogP contribution in [-0.2, 0) is 30.1 Å². The summed E-state index contributed by atoms with van der Waals surface area (Å²) in [4.78, 5) is 0. The molecule has 2 heterocycles. The van der Waals surface area contributed by atoms with Crippen LogP contribution >= 0.6 is 0 Å². The van der Waals surface area contributed by atoms with Crippen LogP contribution in [0.2, 0.25) is 18.1 Å². The zero-order valence-corrected chi connectivity index (χ0v) is 21.2. The quantitative estimate of drug-likeness (QED) is 0.395. The van der Waals surface area contributed by atoms with Crippen LogP contribution in [0.3, 0.4) is 0 Å². The molecule has 2 aliphatic heterocycles. The molecule has 0 N–H and O–H groups in total. The molecule has 2 aromatic rings. The summed E-state index contributed by atoms with van der Waals surface area (Å²) in [5.74, 6) is 0. The molecule has 6 nitrogen and oxygen atoms in total. The number of oxime groups is 1. The molecule has 4 unspecified atom stereocenters.